The highest BCUT2D eigenvalue weighted by Crippen LogP contribution is 2.28. The number of methoxy groups -OCH3 is 2. The van der Waals surface area contributed by atoms with Gasteiger partial charge in [0.1, 0.15) is 23.0 Å². The van der Waals surface area contributed by atoms with Gasteiger partial charge in [-0.15, -0.1) is 0 Å². The van der Waals surface area contributed by atoms with Crippen LogP contribution in [0, 0.1) is 0 Å². The Bertz CT molecular complexity index is 1240. The lowest BCUT2D eigenvalue weighted by atomic mass is 10.0. The molecule has 3 N–H and O–H groups in total. The first-order chi connectivity index (χ1) is 17.3. The first kappa shape index (κ1) is 25.8. The molecule has 0 unspecified atom stereocenters. The Balaban J connectivity index is 1.70. The molecule has 186 valence electrons. The first-order valence-electron chi connectivity index (χ1n) is 10.9. The summed E-state index contributed by atoms with van der Waals surface area (Å²) in [5.41, 5.74) is 2.04. The van der Waals surface area contributed by atoms with Crippen molar-refractivity contribution in [3.05, 3.63) is 83.4 Å². The summed E-state index contributed by atoms with van der Waals surface area (Å²) in [5.74, 6) is 0.682. The maximum absolute atomic E-state index is 12.0. The van der Waals surface area contributed by atoms with Crippen molar-refractivity contribution in [3.8, 4) is 23.0 Å². The number of rotatable bonds is 9. The van der Waals surface area contributed by atoms with Crippen LogP contribution in [0.2, 0.25) is 0 Å². The Morgan fingerprint density at radius 2 is 1.39 bits per heavy atom. The molecule has 0 spiro atoms. The molecule has 0 saturated heterocycles. The van der Waals surface area contributed by atoms with E-state index in [1.807, 2.05) is 0 Å². The summed E-state index contributed by atoms with van der Waals surface area (Å²) in [7, 11) is 3.05. The number of carboxylic acid groups (broad SMARTS) is 1. The highest BCUT2D eigenvalue weighted by molar-refractivity contribution is 6.20. The van der Waals surface area contributed by atoms with Gasteiger partial charge in [-0.3, -0.25) is 10.1 Å². The fourth-order valence-electron chi connectivity index (χ4n) is 3.25. The number of hydrogen-bond donors (Lipinski definition) is 3. The molecule has 9 nitrogen and oxygen atoms in total. The van der Waals surface area contributed by atoms with Crippen LogP contribution in [-0.2, 0) is 16.1 Å². The van der Waals surface area contributed by atoms with Crippen LogP contribution in [0.5, 0.6) is 23.0 Å². The van der Waals surface area contributed by atoms with Gasteiger partial charge in [0, 0.05) is 19.5 Å². The highest BCUT2D eigenvalue weighted by Gasteiger charge is 2.12. The van der Waals surface area contributed by atoms with Crippen molar-refractivity contribution in [2.45, 2.75) is 13.5 Å². The molecule has 0 atom stereocenters. The summed E-state index contributed by atoms with van der Waals surface area (Å²) < 4.78 is 16.4. The number of hydrogen-bond acceptors (Lipinski definition) is 6. The smallest absolute Gasteiger partial charge is 0.336 e. The van der Waals surface area contributed by atoms with Gasteiger partial charge in [-0.05, 0) is 59.2 Å². The van der Waals surface area contributed by atoms with Crippen LogP contribution in [0.25, 0.3) is 11.6 Å². The minimum absolute atomic E-state index is 0.0996. The number of benzene rings is 3. The highest BCUT2D eigenvalue weighted by atomic mass is 16.5. The monoisotopic (exact) mass is 490 g/mol. The zero-order valence-electron chi connectivity index (χ0n) is 20.0. The van der Waals surface area contributed by atoms with Gasteiger partial charge in [0.05, 0.1) is 19.8 Å². The van der Waals surface area contributed by atoms with Gasteiger partial charge in [0.2, 0.25) is 5.91 Å². The number of carboxylic acids is 1. The lowest BCUT2D eigenvalue weighted by molar-refractivity contribution is -0.130. The van der Waals surface area contributed by atoms with Crippen molar-refractivity contribution < 1.29 is 33.7 Å². The second-order valence-corrected chi connectivity index (χ2v) is 7.64. The molecule has 9 heteroatoms. The molecular formula is C27H26N2O7. The van der Waals surface area contributed by atoms with Crippen molar-refractivity contribution >= 4 is 29.6 Å². The van der Waals surface area contributed by atoms with Crippen LogP contribution in [0.3, 0.4) is 0 Å². The summed E-state index contributed by atoms with van der Waals surface area (Å²) in [4.78, 5) is 34.3. The molecule has 3 aromatic rings. The fourth-order valence-corrected chi connectivity index (χ4v) is 3.25. The number of carbonyl (C=O) groups is 3. The SMILES string of the molecule is COc1cc(C=C(C(=O)O)c2ccc(Oc3ccc(CNC(=O)NC(C)=O)cc3)cc2)cc(OC)c1. The van der Waals surface area contributed by atoms with E-state index in [2.05, 4.69) is 10.6 Å². The second-order valence-electron chi connectivity index (χ2n) is 7.64. The zero-order chi connectivity index (χ0) is 26.1. The van der Waals surface area contributed by atoms with E-state index in [-0.39, 0.29) is 12.1 Å². The number of aliphatic carboxylic acids is 1. The van der Waals surface area contributed by atoms with Gasteiger partial charge < -0.3 is 24.6 Å². The van der Waals surface area contributed by atoms with E-state index in [1.165, 1.54) is 21.1 Å². The van der Waals surface area contributed by atoms with E-state index >= 15 is 0 Å². The molecule has 0 aliphatic carbocycles. The lowest BCUT2D eigenvalue weighted by Crippen LogP contribution is -2.37. The van der Waals surface area contributed by atoms with Crippen LogP contribution < -0.4 is 24.8 Å². The Morgan fingerprint density at radius 1 is 0.833 bits per heavy atom. The molecule has 0 fully saturated rings. The molecule has 3 aromatic carbocycles. The van der Waals surface area contributed by atoms with Gasteiger partial charge in [0.25, 0.3) is 0 Å². The molecule has 0 saturated carbocycles. The molecule has 36 heavy (non-hydrogen) atoms. The lowest BCUT2D eigenvalue weighted by Gasteiger charge is -2.10. The second kappa shape index (κ2) is 12.1. The Morgan fingerprint density at radius 3 is 1.89 bits per heavy atom. The molecule has 0 aromatic heterocycles. The quantitative estimate of drug-likeness (QED) is 0.299. The van der Waals surface area contributed by atoms with E-state index in [0.717, 1.165) is 5.56 Å². The zero-order valence-corrected chi connectivity index (χ0v) is 20.0. The van der Waals surface area contributed by atoms with E-state index in [1.54, 1.807) is 72.8 Å². The Hall–Kier alpha value is -4.79. The van der Waals surface area contributed by atoms with Crippen LogP contribution in [0.15, 0.2) is 66.7 Å². The summed E-state index contributed by atoms with van der Waals surface area (Å²) in [6.45, 7) is 1.51. The Labute approximate surface area is 208 Å². The fraction of sp³-hybridized carbons (Fsp3) is 0.148. The number of amides is 3. The normalized spacial score (nSPS) is 10.8. The number of ether oxygens (including phenoxy) is 3. The van der Waals surface area contributed by atoms with Gasteiger partial charge >= 0.3 is 12.0 Å². The third-order valence-electron chi connectivity index (χ3n) is 4.98. The predicted molar refractivity (Wildman–Crippen MR) is 134 cm³/mol. The number of urea groups is 1. The maximum atomic E-state index is 12.0. The largest absolute Gasteiger partial charge is 0.497 e. The average Bonchev–Trinajstić information content (AvgIpc) is 2.86. The molecule has 0 aliphatic rings. The topological polar surface area (TPSA) is 123 Å². The Kier molecular flexibility index (Phi) is 8.66. The minimum atomic E-state index is -1.08. The van der Waals surface area contributed by atoms with E-state index < -0.39 is 17.9 Å². The summed E-state index contributed by atoms with van der Waals surface area (Å²) in [6, 6.07) is 18.3. The number of imide groups is 1. The van der Waals surface area contributed by atoms with E-state index in [4.69, 9.17) is 14.2 Å². The maximum Gasteiger partial charge on any atom is 0.336 e. The van der Waals surface area contributed by atoms with Crippen LogP contribution in [-0.4, -0.2) is 37.2 Å². The minimum Gasteiger partial charge on any atom is -0.497 e. The molecule has 3 amide bonds. The van der Waals surface area contributed by atoms with Crippen molar-refractivity contribution in [3.63, 3.8) is 0 Å². The molecule has 0 bridgehead atoms. The molecule has 0 heterocycles. The van der Waals surface area contributed by atoms with Crippen molar-refractivity contribution in [2.75, 3.05) is 14.2 Å². The van der Waals surface area contributed by atoms with E-state index in [9.17, 15) is 19.5 Å². The van der Waals surface area contributed by atoms with Gasteiger partial charge in [0.15, 0.2) is 0 Å². The van der Waals surface area contributed by atoms with Crippen molar-refractivity contribution in [1.82, 2.24) is 10.6 Å². The number of nitrogens with one attached hydrogen (secondary N) is 2. The standard InChI is InChI=1S/C27H26N2O7/c1-17(30)29-27(33)28-16-18-4-8-21(9-5-18)36-22-10-6-20(7-11-22)25(26(31)32)14-19-12-23(34-2)15-24(13-19)35-3/h4-15H,16H2,1-3H3,(H,31,32)(H2,28,29,30,33). The summed E-state index contributed by atoms with van der Waals surface area (Å²) in [5, 5.41) is 14.5. The number of carbonyl (C=O) groups excluding carboxylic acids is 2. The van der Waals surface area contributed by atoms with Crippen LogP contribution in [0.4, 0.5) is 4.79 Å². The average molecular weight is 491 g/mol. The van der Waals surface area contributed by atoms with Crippen molar-refractivity contribution in [1.29, 1.82) is 0 Å². The summed E-state index contributed by atoms with van der Waals surface area (Å²) in [6.07, 6.45) is 1.55. The third-order valence-corrected chi connectivity index (χ3v) is 4.98. The molecule has 3 rings (SSSR count). The third kappa shape index (κ3) is 7.36. The van der Waals surface area contributed by atoms with E-state index in [0.29, 0.717) is 34.1 Å². The molecule has 0 radical (unpaired) electrons. The van der Waals surface area contributed by atoms with Gasteiger partial charge in [-0.2, -0.15) is 0 Å². The summed E-state index contributed by atoms with van der Waals surface area (Å²) >= 11 is 0. The van der Waals surface area contributed by atoms with Gasteiger partial charge in [-0.1, -0.05) is 24.3 Å². The van der Waals surface area contributed by atoms with Gasteiger partial charge in [-0.25, -0.2) is 9.59 Å². The van der Waals surface area contributed by atoms with Crippen LogP contribution in [0.1, 0.15) is 23.6 Å². The van der Waals surface area contributed by atoms with Crippen LogP contribution >= 0.6 is 0 Å². The predicted octanol–water partition coefficient (Wildman–Crippen LogP) is 4.47. The molecule has 0 aliphatic heterocycles. The van der Waals surface area contributed by atoms with Crippen molar-refractivity contribution in [2.24, 2.45) is 0 Å². The molecular weight excluding hydrogens is 464 g/mol. The first-order valence-corrected chi connectivity index (χ1v) is 10.9.